The molecule has 0 aliphatic carbocycles. The number of nitrogens with one attached hydrogen (secondary N) is 1. The molecule has 27 heavy (non-hydrogen) atoms. The minimum absolute atomic E-state index is 0.0465. The molecule has 142 valence electrons. The van der Waals surface area contributed by atoms with Gasteiger partial charge in [0, 0.05) is 6.61 Å². The van der Waals surface area contributed by atoms with Crippen LogP contribution < -0.4 is 10.1 Å². The van der Waals surface area contributed by atoms with E-state index in [0.29, 0.717) is 30.5 Å². The molecule has 0 bridgehead atoms. The molecule has 0 fully saturated rings. The van der Waals surface area contributed by atoms with Crippen LogP contribution in [0.25, 0.3) is 0 Å². The van der Waals surface area contributed by atoms with Gasteiger partial charge in [0.2, 0.25) is 0 Å². The van der Waals surface area contributed by atoms with Crippen molar-refractivity contribution < 1.29 is 23.1 Å². The summed E-state index contributed by atoms with van der Waals surface area (Å²) in [6, 6.07) is 6.97. The zero-order chi connectivity index (χ0) is 19.2. The van der Waals surface area contributed by atoms with Crippen LogP contribution in [0.15, 0.2) is 47.1 Å². The zero-order valence-electron chi connectivity index (χ0n) is 14.4. The third-order valence-electron chi connectivity index (χ3n) is 3.47. The molecular formula is C18H17ClFN3O4. The molecule has 0 saturated heterocycles. The molecule has 0 radical (unpaired) electrons. The van der Waals surface area contributed by atoms with Gasteiger partial charge >= 0.3 is 0 Å². The molecular weight excluding hydrogens is 377 g/mol. The van der Waals surface area contributed by atoms with E-state index < -0.39 is 11.7 Å². The van der Waals surface area contributed by atoms with Gasteiger partial charge in [-0.15, -0.1) is 0 Å². The van der Waals surface area contributed by atoms with E-state index in [2.05, 4.69) is 10.4 Å². The first-order valence-electron chi connectivity index (χ1n) is 8.13. The van der Waals surface area contributed by atoms with E-state index in [-0.39, 0.29) is 17.4 Å². The number of hydrogen-bond donors (Lipinski definition) is 1. The number of benzene rings is 1. The lowest BCUT2D eigenvalue weighted by Crippen LogP contribution is -2.10. The average molecular weight is 394 g/mol. The van der Waals surface area contributed by atoms with Crippen molar-refractivity contribution in [3.63, 3.8) is 0 Å². The van der Waals surface area contributed by atoms with Crippen molar-refractivity contribution in [2.45, 2.75) is 20.3 Å². The molecule has 9 heteroatoms. The van der Waals surface area contributed by atoms with Gasteiger partial charge < -0.3 is 19.2 Å². The summed E-state index contributed by atoms with van der Waals surface area (Å²) >= 11 is 5.90. The van der Waals surface area contributed by atoms with Crippen LogP contribution in [0.3, 0.4) is 0 Å². The number of ether oxygens (including phenoxy) is 2. The second kappa shape index (κ2) is 8.70. The van der Waals surface area contributed by atoms with Crippen molar-refractivity contribution in [1.29, 1.82) is 0 Å². The lowest BCUT2D eigenvalue weighted by molar-refractivity contribution is 0.0792. The van der Waals surface area contributed by atoms with Gasteiger partial charge in [0.15, 0.2) is 5.76 Å². The first-order valence-corrected chi connectivity index (χ1v) is 8.51. The Morgan fingerprint density at radius 2 is 2.22 bits per heavy atom. The van der Waals surface area contributed by atoms with Gasteiger partial charge in [-0.3, -0.25) is 4.79 Å². The molecule has 2 aromatic heterocycles. The Balaban J connectivity index is 1.56. The fourth-order valence-corrected chi connectivity index (χ4v) is 2.42. The van der Waals surface area contributed by atoms with Crippen molar-refractivity contribution >= 4 is 23.2 Å². The molecule has 7 nitrogen and oxygen atoms in total. The van der Waals surface area contributed by atoms with Crippen LogP contribution in [-0.2, 0) is 18.1 Å². The highest BCUT2D eigenvalue weighted by atomic mass is 35.5. The van der Waals surface area contributed by atoms with E-state index in [1.807, 2.05) is 6.92 Å². The van der Waals surface area contributed by atoms with Crippen LogP contribution in [-0.4, -0.2) is 22.3 Å². The highest BCUT2D eigenvalue weighted by molar-refractivity contribution is 6.32. The molecule has 0 aliphatic rings. The van der Waals surface area contributed by atoms with E-state index in [4.69, 9.17) is 25.5 Å². The molecule has 2 heterocycles. The predicted molar refractivity (Wildman–Crippen MR) is 96.3 cm³/mol. The Kier molecular flexibility index (Phi) is 6.10. The minimum Gasteiger partial charge on any atom is -0.484 e. The predicted octanol–water partition coefficient (Wildman–Crippen LogP) is 4.09. The van der Waals surface area contributed by atoms with Crippen LogP contribution >= 0.6 is 11.6 Å². The second-order valence-electron chi connectivity index (χ2n) is 5.47. The Hall–Kier alpha value is -2.84. The van der Waals surface area contributed by atoms with Crippen LogP contribution in [0.5, 0.6) is 5.75 Å². The molecule has 3 rings (SSSR count). The number of carbonyl (C=O) groups is 1. The molecule has 0 aliphatic heterocycles. The Morgan fingerprint density at radius 1 is 1.37 bits per heavy atom. The fourth-order valence-electron chi connectivity index (χ4n) is 2.19. The standard InChI is InChI=1S/C18H17ClFN3O4/c1-2-25-11-23-9-13(8-21-23)22-18(24)17-6-4-14(27-17)10-26-16-5-3-12(20)7-15(16)19/h3-9H,2,10-11H2,1H3,(H,22,24). The van der Waals surface area contributed by atoms with Gasteiger partial charge in [0.25, 0.3) is 5.91 Å². The third kappa shape index (κ3) is 5.08. The van der Waals surface area contributed by atoms with E-state index in [1.54, 1.807) is 16.9 Å². The second-order valence-corrected chi connectivity index (χ2v) is 5.88. The number of amides is 1. The van der Waals surface area contributed by atoms with E-state index in [0.717, 1.165) is 6.07 Å². The number of halogens is 2. The van der Waals surface area contributed by atoms with Gasteiger partial charge in [0.1, 0.15) is 30.7 Å². The average Bonchev–Trinajstić information content (AvgIpc) is 3.28. The lowest BCUT2D eigenvalue weighted by Gasteiger charge is -2.06. The quantitative estimate of drug-likeness (QED) is 0.623. The normalized spacial score (nSPS) is 10.8. The number of rotatable bonds is 8. The number of carbonyl (C=O) groups excluding carboxylic acids is 1. The molecule has 1 aromatic carbocycles. The Morgan fingerprint density at radius 3 is 3.00 bits per heavy atom. The molecule has 1 N–H and O–H groups in total. The Labute approximate surface area is 159 Å². The van der Waals surface area contributed by atoms with Crippen molar-refractivity contribution in [1.82, 2.24) is 9.78 Å². The number of hydrogen-bond acceptors (Lipinski definition) is 5. The molecule has 0 saturated carbocycles. The zero-order valence-corrected chi connectivity index (χ0v) is 15.2. The summed E-state index contributed by atoms with van der Waals surface area (Å²) in [5.74, 6) is -0.00275. The smallest absolute Gasteiger partial charge is 0.291 e. The van der Waals surface area contributed by atoms with Crippen molar-refractivity contribution in [3.8, 4) is 5.75 Å². The number of nitrogens with zero attached hydrogens (tertiary/aromatic N) is 2. The molecule has 3 aromatic rings. The molecule has 0 spiro atoms. The molecule has 0 unspecified atom stereocenters. The van der Waals surface area contributed by atoms with Crippen molar-refractivity contribution in [2.75, 3.05) is 11.9 Å². The van der Waals surface area contributed by atoms with Crippen LogP contribution in [0.4, 0.5) is 10.1 Å². The number of furan rings is 1. The SMILES string of the molecule is CCOCn1cc(NC(=O)c2ccc(COc3ccc(F)cc3Cl)o2)cn1. The summed E-state index contributed by atoms with van der Waals surface area (Å²) in [7, 11) is 0. The van der Waals surface area contributed by atoms with Gasteiger partial charge in [-0.25, -0.2) is 9.07 Å². The summed E-state index contributed by atoms with van der Waals surface area (Å²) in [5, 5.41) is 6.91. The number of aromatic nitrogens is 2. The summed E-state index contributed by atoms with van der Waals surface area (Å²) in [5.41, 5.74) is 0.520. The fraction of sp³-hybridized carbons (Fsp3) is 0.222. The summed E-state index contributed by atoms with van der Waals surface area (Å²) in [4.78, 5) is 12.2. The van der Waals surface area contributed by atoms with Gasteiger partial charge in [-0.1, -0.05) is 11.6 Å². The largest absolute Gasteiger partial charge is 0.484 e. The maximum absolute atomic E-state index is 13.0. The third-order valence-corrected chi connectivity index (χ3v) is 3.76. The summed E-state index contributed by atoms with van der Waals surface area (Å²) in [6.07, 6.45) is 3.16. The van der Waals surface area contributed by atoms with Gasteiger partial charge in [-0.2, -0.15) is 5.10 Å². The Bertz CT molecular complexity index is 925. The maximum atomic E-state index is 13.0. The van der Waals surface area contributed by atoms with Crippen molar-refractivity contribution in [3.05, 3.63) is 65.1 Å². The first-order chi connectivity index (χ1) is 13.0. The van der Waals surface area contributed by atoms with Gasteiger partial charge in [-0.05, 0) is 37.3 Å². The monoisotopic (exact) mass is 393 g/mol. The highest BCUT2D eigenvalue weighted by Crippen LogP contribution is 2.26. The van der Waals surface area contributed by atoms with Crippen LogP contribution in [0.2, 0.25) is 5.02 Å². The summed E-state index contributed by atoms with van der Waals surface area (Å²) < 4.78 is 30.8. The lowest BCUT2D eigenvalue weighted by atomic mass is 10.3. The van der Waals surface area contributed by atoms with Gasteiger partial charge in [0.05, 0.1) is 23.1 Å². The maximum Gasteiger partial charge on any atom is 0.291 e. The topological polar surface area (TPSA) is 78.5 Å². The number of anilines is 1. The van der Waals surface area contributed by atoms with E-state index >= 15 is 0 Å². The highest BCUT2D eigenvalue weighted by Gasteiger charge is 2.13. The molecule has 0 atom stereocenters. The van der Waals surface area contributed by atoms with Crippen molar-refractivity contribution in [2.24, 2.45) is 0 Å². The van der Waals surface area contributed by atoms with E-state index in [9.17, 15) is 9.18 Å². The summed E-state index contributed by atoms with van der Waals surface area (Å²) in [6.45, 7) is 2.81. The first kappa shape index (κ1) is 18.9. The molecule has 1 amide bonds. The van der Waals surface area contributed by atoms with Crippen LogP contribution in [0, 0.1) is 5.82 Å². The minimum atomic E-state index is -0.450. The van der Waals surface area contributed by atoms with E-state index in [1.165, 1.54) is 24.4 Å². The van der Waals surface area contributed by atoms with Crippen LogP contribution in [0.1, 0.15) is 23.2 Å².